The van der Waals surface area contributed by atoms with Crippen molar-refractivity contribution in [3.8, 4) is 0 Å². The fourth-order valence-electron chi connectivity index (χ4n) is 4.49. The van der Waals surface area contributed by atoms with Crippen LogP contribution < -0.4 is 0 Å². The van der Waals surface area contributed by atoms with Crippen molar-refractivity contribution in [2.24, 2.45) is 23.7 Å². The summed E-state index contributed by atoms with van der Waals surface area (Å²) in [6.45, 7) is 3.94. The third-order valence-electron chi connectivity index (χ3n) is 5.83. The Morgan fingerprint density at radius 1 is 0.708 bits per heavy atom. The normalized spacial score (nSPS) is 39.8. The monoisotopic (exact) mass is 340 g/mol. The Bertz CT molecular complexity index is 393. The SMILES string of the molecule is C.C.C[C@@H]1C[C@@H]2CCC[C@H]2OC1=O.C[C@H]1C[C@H]2CCC[C@H]2OC1=O. The number of carbonyl (C=O) groups is 2. The molecule has 6 atom stereocenters. The van der Waals surface area contributed by atoms with E-state index in [0.717, 1.165) is 25.7 Å². The molecule has 2 saturated carbocycles. The third-order valence-corrected chi connectivity index (χ3v) is 5.83. The number of carbonyl (C=O) groups excluding carboxylic acids is 2. The molecule has 24 heavy (non-hydrogen) atoms. The smallest absolute Gasteiger partial charge is 0.308 e. The molecular weight excluding hydrogens is 304 g/mol. The minimum Gasteiger partial charge on any atom is -0.462 e. The Morgan fingerprint density at radius 3 is 1.46 bits per heavy atom. The van der Waals surface area contributed by atoms with Gasteiger partial charge >= 0.3 is 11.9 Å². The van der Waals surface area contributed by atoms with Crippen LogP contribution in [0.1, 0.15) is 80.1 Å². The van der Waals surface area contributed by atoms with Gasteiger partial charge in [-0.2, -0.15) is 0 Å². The van der Waals surface area contributed by atoms with E-state index in [0.29, 0.717) is 11.8 Å². The molecule has 4 rings (SSSR count). The second-order valence-electron chi connectivity index (χ2n) is 7.61. The van der Waals surface area contributed by atoms with Crippen molar-refractivity contribution in [3.63, 3.8) is 0 Å². The lowest BCUT2D eigenvalue weighted by molar-refractivity contribution is -0.163. The van der Waals surface area contributed by atoms with Gasteiger partial charge in [0.1, 0.15) is 12.2 Å². The lowest BCUT2D eigenvalue weighted by Gasteiger charge is -2.28. The van der Waals surface area contributed by atoms with E-state index in [2.05, 4.69) is 0 Å². The van der Waals surface area contributed by atoms with Gasteiger partial charge in [-0.25, -0.2) is 0 Å². The zero-order valence-electron chi connectivity index (χ0n) is 13.8. The van der Waals surface area contributed by atoms with Gasteiger partial charge in [0.15, 0.2) is 0 Å². The highest BCUT2D eigenvalue weighted by atomic mass is 16.5. The summed E-state index contributed by atoms with van der Waals surface area (Å²) in [7, 11) is 0. The van der Waals surface area contributed by atoms with Crippen LogP contribution in [0.3, 0.4) is 0 Å². The largest absolute Gasteiger partial charge is 0.462 e. The molecule has 0 unspecified atom stereocenters. The fraction of sp³-hybridized carbons (Fsp3) is 0.900. The highest BCUT2D eigenvalue weighted by molar-refractivity contribution is 5.73. The maximum atomic E-state index is 11.1. The summed E-state index contributed by atoms with van der Waals surface area (Å²) in [4.78, 5) is 22.2. The average molecular weight is 341 g/mol. The Balaban J connectivity index is 0.000000222. The molecule has 140 valence electrons. The first-order valence-corrected chi connectivity index (χ1v) is 8.95. The molecule has 4 fully saturated rings. The standard InChI is InChI=1S/2C9H14O2.2CH4/c2*1-6-5-7-3-2-4-8(7)11-9(6)10;;/h2*6-8H,2-5H2,1H3;2*1H4/t6-,7+,8+;6-,7+,8-;;/m01../s1. The first kappa shape index (κ1) is 21.0. The first-order chi connectivity index (χ1) is 10.5. The van der Waals surface area contributed by atoms with Crippen molar-refractivity contribution in [3.05, 3.63) is 0 Å². The highest BCUT2D eigenvalue weighted by Crippen LogP contribution is 2.38. The Morgan fingerprint density at radius 2 is 1.08 bits per heavy atom. The molecule has 4 nitrogen and oxygen atoms in total. The molecule has 4 heteroatoms. The molecule has 0 radical (unpaired) electrons. The third kappa shape index (κ3) is 4.52. The van der Waals surface area contributed by atoms with Crippen molar-refractivity contribution in [2.75, 3.05) is 0 Å². The van der Waals surface area contributed by atoms with Crippen molar-refractivity contribution >= 4 is 11.9 Å². The van der Waals surface area contributed by atoms with Gasteiger partial charge in [-0.15, -0.1) is 0 Å². The lowest BCUT2D eigenvalue weighted by Crippen LogP contribution is -2.33. The van der Waals surface area contributed by atoms with E-state index in [9.17, 15) is 9.59 Å². The minimum absolute atomic E-state index is 0. The van der Waals surface area contributed by atoms with Crippen LogP contribution in [0.15, 0.2) is 0 Å². The van der Waals surface area contributed by atoms with Gasteiger partial charge in [0.25, 0.3) is 0 Å². The van der Waals surface area contributed by atoms with E-state index in [1.807, 2.05) is 13.8 Å². The summed E-state index contributed by atoms with van der Waals surface area (Å²) in [6, 6.07) is 0. The maximum Gasteiger partial charge on any atom is 0.308 e. The molecule has 0 spiro atoms. The number of fused-ring (bicyclic) bond motifs is 2. The molecule has 0 aromatic carbocycles. The minimum atomic E-state index is 0. The van der Waals surface area contributed by atoms with E-state index < -0.39 is 0 Å². The molecular formula is C20H36O4. The molecule has 0 aromatic heterocycles. The summed E-state index contributed by atoms with van der Waals surface area (Å²) in [5, 5.41) is 0. The van der Waals surface area contributed by atoms with E-state index in [-0.39, 0.29) is 50.8 Å². The number of rotatable bonds is 0. The molecule has 0 amide bonds. The van der Waals surface area contributed by atoms with Crippen LogP contribution in [-0.4, -0.2) is 24.1 Å². The molecule has 2 saturated heterocycles. The van der Waals surface area contributed by atoms with Crippen molar-refractivity contribution < 1.29 is 19.1 Å². The van der Waals surface area contributed by atoms with Gasteiger partial charge in [0.05, 0.1) is 11.8 Å². The second kappa shape index (κ2) is 8.87. The highest BCUT2D eigenvalue weighted by Gasteiger charge is 2.38. The molecule has 4 aliphatic rings. The van der Waals surface area contributed by atoms with Gasteiger partial charge in [0, 0.05) is 0 Å². The summed E-state index contributed by atoms with van der Waals surface area (Å²) >= 11 is 0. The number of hydrogen-bond acceptors (Lipinski definition) is 4. The van der Waals surface area contributed by atoms with E-state index >= 15 is 0 Å². The summed E-state index contributed by atoms with van der Waals surface area (Å²) in [5.41, 5.74) is 0. The van der Waals surface area contributed by atoms with E-state index in [1.54, 1.807) is 0 Å². The zero-order chi connectivity index (χ0) is 15.7. The van der Waals surface area contributed by atoms with Crippen molar-refractivity contribution in [1.29, 1.82) is 0 Å². The molecule has 0 N–H and O–H groups in total. The van der Waals surface area contributed by atoms with E-state index in [1.165, 1.54) is 25.7 Å². The van der Waals surface area contributed by atoms with Crippen LogP contribution in [0.5, 0.6) is 0 Å². The van der Waals surface area contributed by atoms with Gasteiger partial charge < -0.3 is 9.47 Å². The zero-order valence-corrected chi connectivity index (χ0v) is 13.8. The predicted molar refractivity (Wildman–Crippen MR) is 95.5 cm³/mol. The predicted octanol–water partition coefficient (Wildman–Crippen LogP) is 4.75. The van der Waals surface area contributed by atoms with E-state index in [4.69, 9.17) is 9.47 Å². The van der Waals surface area contributed by atoms with Crippen molar-refractivity contribution in [1.82, 2.24) is 0 Å². The van der Waals surface area contributed by atoms with Gasteiger partial charge in [0.2, 0.25) is 0 Å². The van der Waals surface area contributed by atoms with Crippen LogP contribution >= 0.6 is 0 Å². The Kier molecular flexibility index (Phi) is 7.75. The second-order valence-corrected chi connectivity index (χ2v) is 7.61. The molecule has 2 aliphatic carbocycles. The molecule has 2 aliphatic heterocycles. The molecule has 0 bridgehead atoms. The Labute approximate surface area is 147 Å². The topological polar surface area (TPSA) is 52.6 Å². The lowest BCUT2D eigenvalue weighted by atomic mass is 9.90. The quantitative estimate of drug-likeness (QED) is 0.597. The summed E-state index contributed by atoms with van der Waals surface area (Å²) in [5.74, 6) is 1.70. The van der Waals surface area contributed by atoms with Crippen LogP contribution in [0.2, 0.25) is 0 Å². The van der Waals surface area contributed by atoms with Crippen LogP contribution in [0.25, 0.3) is 0 Å². The van der Waals surface area contributed by atoms with Crippen LogP contribution in [-0.2, 0) is 19.1 Å². The summed E-state index contributed by atoms with van der Waals surface area (Å²) < 4.78 is 10.6. The first-order valence-electron chi connectivity index (χ1n) is 8.95. The summed E-state index contributed by atoms with van der Waals surface area (Å²) in [6.07, 6.45) is 9.89. The van der Waals surface area contributed by atoms with Crippen LogP contribution in [0.4, 0.5) is 0 Å². The number of hydrogen-bond donors (Lipinski definition) is 0. The van der Waals surface area contributed by atoms with Gasteiger partial charge in [-0.3, -0.25) is 9.59 Å². The fourth-order valence-corrected chi connectivity index (χ4v) is 4.49. The average Bonchev–Trinajstić information content (AvgIpc) is 3.09. The number of ether oxygens (including phenoxy) is 2. The van der Waals surface area contributed by atoms with Crippen LogP contribution in [0, 0.1) is 23.7 Å². The molecule has 0 aromatic rings. The maximum absolute atomic E-state index is 11.1. The van der Waals surface area contributed by atoms with Gasteiger partial charge in [-0.1, -0.05) is 28.7 Å². The van der Waals surface area contributed by atoms with Crippen molar-refractivity contribution in [2.45, 2.75) is 92.3 Å². The molecule has 2 heterocycles. The van der Waals surface area contributed by atoms with Gasteiger partial charge in [-0.05, 0) is 63.2 Å². The Hall–Kier alpha value is -1.06. The number of esters is 2.